The molecule has 0 unspecified atom stereocenters. The summed E-state index contributed by atoms with van der Waals surface area (Å²) >= 11 is 0. The molecule has 6 nitrogen and oxygen atoms in total. The monoisotopic (exact) mass is 287 g/mol. The molecule has 0 aliphatic rings. The molecule has 0 aliphatic heterocycles. The number of anilines is 1. The molecule has 2 N–H and O–H groups in total. The second kappa shape index (κ2) is 6.09. The van der Waals surface area contributed by atoms with E-state index in [0.717, 1.165) is 0 Å². The van der Waals surface area contributed by atoms with E-state index >= 15 is 0 Å². The van der Waals surface area contributed by atoms with Gasteiger partial charge in [-0.1, -0.05) is 5.92 Å². The summed E-state index contributed by atoms with van der Waals surface area (Å²) in [6, 6.07) is 3.50. The number of imidazole rings is 1. The van der Waals surface area contributed by atoms with Crippen LogP contribution in [0, 0.1) is 12.3 Å². The Hall–Kier alpha value is -2.81. The normalized spacial score (nSPS) is 10.0. The molecule has 1 aromatic carbocycles. The van der Waals surface area contributed by atoms with Crippen molar-refractivity contribution >= 4 is 5.82 Å². The van der Waals surface area contributed by atoms with Crippen molar-refractivity contribution in [1.29, 1.82) is 0 Å². The first kappa shape index (κ1) is 14.6. The van der Waals surface area contributed by atoms with E-state index in [0.29, 0.717) is 40.9 Å². The molecule has 6 heteroatoms. The Balaban J connectivity index is 2.65. The number of nitrogen functional groups attached to an aromatic ring is 1. The van der Waals surface area contributed by atoms with Crippen LogP contribution in [0.25, 0.3) is 11.3 Å². The van der Waals surface area contributed by atoms with Crippen LogP contribution in [0.5, 0.6) is 17.2 Å². The van der Waals surface area contributed by atoms with Gasteiger partial charge in [-0.15, -0.1) is 6.42 Å². The van der Waals surface area contributed by atoms with Crippen molar-refractivity contribution in [2.75, 3.05) is 27.1 Å². The van der Waals surface area contributed by atoms with Gasteiger partial charge in [-0.25, -0.2) is 4.98 Å². The second-order valence-electron chi connectivity index (χ2n) is 4.22. The molecule has 2 aromatic rings. The van der Waals surface area contributed by atoms with Crippen molar-refractivity contribution in [2.45, 2.75) is 6.54 Å². The molecule has 110 valence electrons. The van der Waals surface area contributed by atoms with Crippen molar-refractivity contribution in [2.24, 2.45) is 0 Å². The van der Waals surface area contributed by atoms with Gasteiger partial charge in [-0.2, -0.15) is 0 Å². The van der Waals surface area contributed by atoms with E-state index in [1.807, 2.05) is 0 Å². The van der Waals surface area contributed by atoms with Crippen LogP contribution in [0.2, 0.25) is 0 Å². The standard InChI is InChI=1S/C15H17N3O3/c1-5-6-18-9-17-14(15(18)16)13-11(20-3)7-10(19-2)8-12(13)21-4/h1,7-9H,6,16H2,2-4H3. The second-order valence-corrected chi connectivity index (χ2v) is 4.22. The van der Waals surface area contributed by atoms with E-state index in [9.17, 15) is 0 Å². The first-order valence-electron chi connectivity index (χ1n) is 6.20. The van der Waals surface area contributed by atoms with Crippen LogP contribution < -0.4 is 19.9 Å². The van der Waals surface area contributed by atoms with Crippen molar-refractivity contribution in [3.8, 4) is 40.8 Å². The fourth-order valence-corrected chi connectivity index (χ4v) is 2.05. The summed E-state index contributed by atoms with van der Waals surface area (Å²) in [4.78, 5) is 4.32. The third-order valence-corrected chi connectivity index (χ3v) is 3.09. The Labute approximate surface area is 123 Å². The van der Waals surface area contributed by atoms with Gasteiger partial charge in [0, 0.05) is 12.1 Å². The maximum Gasteiger partial charge on any atom is 0.135 e. The van der Waals surface area contributed by atoms with Crippen LogP contribution in [0.15, 0.2) is 18.5 Å². The smallest absolute Gasteiger partial charge is 0.135 e. The zero-order valence-electron chi connectivity index (χ0n) is 12.2. The minimum Gasteiger partial charge on any atom is -0.496 e. The minimum atomic E-state index is 0.347. The molecular weight excluding hydrogens is 270 g/mol. The Morgan fingerprint density at radius 1 is 1.19 bits per heavy atom. The van der Waals surface area contributed by atoms with E-state index in [1.54, 1.807) is 44.4 Å². The lowest BCUT2D eigenvalue weighted by atomic mass is 10.1. The number of aromatic nitrogens is 2. The predicted molar refractivity (Wildman–Crippen MR) is 80.6 cm³/mol. The fraction of sp³-hybridized carbons (Fsp3) is 0.267. The number of benzene rings is 1. The summed E-state index contributed by atoms with van der Waals surface area (Å²) in [6.07, 6.45) is 6.90. The number of terminal acetylenes is 1. The predicted octanol–water partition coefficient (Wildman–Crippen LogP) is 1.79. The van der Waals surface area contributed by atoms with E-state index in [4.69, 9.17) is 26.4 Å². The van der Waals surface area contributed by atoms with Crippen LogP contribution in [0.4, 0.5) is 5.82 Å². The Bertz CT molecular complexity index is 661. The molecule has 0 fully saturated rings. The Morgan fingerprint density at radius 3 is 2.29 bits per heavy atom. The number of hydrogen-bond acceptors (Lipinski definition) is 5. The van der Waals surface area contributed by atoms with Gasteiger partial charge in [-0.05, 0) is 0 Å². The lowest BCUT2D eigenvalue weighted by Crippen LogP contribution is -2.02. The molecule has 0 saturated heterocycles. The van der Waals surface area contributed by atoms with E-state index in [1.165, 1.54) is 0 Å². The molecule has 21 heavy (non-hydrogen) atoms. The van der Waals surface area contributed by atoms with E-state index in [-0.39, 0.29) is 0 Å². The first-order valence-corrected chi connectivity index (χ1v) is 6.20. The van der Waals surface area contributed by atoms with Crippen molar-refractivity contribution < 1.29 is 14.2 Å². The lowest BCUT2D eigenvalue weighted by Gasteiger charge is -2.14. The van der Waals surface area contributed by atoms with Crippen molar-refractivity contribution in [1.82, 2.24) is 9.55 Å². The molecule has 0 atom stereocenters. The topological polar surface area (TPSA) is 71.5 Å². The summed E-state index contributed by atoms with van der Waals surface area (Å²) in [5.74, 6) is 4.72. The number of hydrogen-bond donors (Lipinski definition) is 1. The average Bonchev–Trinajstić information content (AvgIpc) is 2.87. The molecule has 0 amide bonds. The highest BCUT2D eigenvalue weighted by Gasteiger charge is 2.20. The summed E-state index contributed by atoms with van der Waals surface area (Å²) < 4.78 is 17.7. The summed E-state index contributed by atoms with van der Waals surface area (Å²) in [5.41, 5.74) is 7.32. The highest BCUT2D eigenvalue weighted by atomic mass is 16.5. The van der Waals surface area contributed by atoms with Gasteiger partial charge in [0.05, 0.1) is 39.8 Å². The van der Waals surface area contributed by atoms with Gasteiger partial charge in [-0.3, -0.25) is 0 Å². The molecule has 0 spiro atoms. The number of methoxy groups -OCH3 is 3. The van der Waals surface area contributed by atoms with Crippen molar-refractivity contribution in [3.63, 3.8) is 0 Å². The van der Waals surface area contributed by atoms with E-state index in [2.05, 4.69) is 10.9 Å². The number of nitrogens with zero attached hydrogens (tertiary/aromatic N) is 2. The quantitative estimate of drug-likeness (QED) is 0.849. The van der Waals surface area contributed by atoms with Crippen molar-refractivity contribution in [3.05, 3.63) is 18.5 Å². The molecule has 1 aromatic heterocycles. The van der Waals surface area contributed by atoms with Crippen LogP contribution in [0.3, 0.4) is 0 Å². The maximum absolute atomic E-state index is 6.10. The molecule has 0 saturated carbocycles. The molecule has 0 aliphatic carbocycles. The van der Waals surface area contributed by atoms with Gasteiger partial charge >= 0.3 is 0 Å². The first-order chi connectivity index (χ1) is 10.2. The Morgan fingerprint density at radius 2 is 1.81 bits per heavy atom. The minimum absolute atomic E-state index is 0.347. The molecule has 0 radical (unpaired) electrons. The van der Waals surface area contributed by atoms with Crippen LogP contribution in [-0.2, 0) is 6.54 Å². The van der Waals surface area contributed by atoms with E-state index < -0.39 is 0 Å². The third-order valence-electron chi connectivity index (χ3n) is 3.09. The van der Waals surface area contributed by atoms with Crippen LogP contribution >= 0.6 is 0 Å². The zero-order valence-corrected chi connectivity index (χ0v) is 12.2. The zero-order chi connectivity index (χ0) is 15.4. The lowest BCUT2D eigenvalue weighted by molar-refractivity contribution is 0.377. The summed E-state index contributed by atoms with van der Waals surface area (Å²) in [5, 5.41) is 0. The van der Waals surface area contributed by atoms with Crippen LogP contribution in [-0.4, -0.2) is 30.9 Å². The van der Waals surface area contributed by atoms with Gasteiger partial charge < -0.3 is 24.5 Å². The Kier molecular flexibility index (Phi) is 4.24. The summed E-state index contributed by atoms with van der Waals surface area (Å²) in [7, 11) is 4.70. The number of nitrogens with two attached hydrogens (primary N) is 1. The third kappa shape index (κ3) is 2.58. The van der Waals surface area contributed by atoms with Gasteiger partial charge in [0.25, 0.3) is 0 Å². The highest BCUT2D eigenvalue weighted by molar-refractivity contribution is 5.82. The SMILES string of the molecule is C#CCn1cnc(-c2c(OC)cc(OC)cc2OC)c1N. The molecule has 1 heterocycles. The number of ether oxygens (including phenoxy) is 3. The fourth-order valence-electron chi connectivity index (χ4n) is 2.05. The largest absolute Gasteiger partial charge is 0.496 e. The maximum atomic E-state index is 6.10. The van der Waals surface area contributed by atoms with Gasteiger partial charge in [0.2, 0.25) is 0 Å². The highest BCUT2D eigenvalue weighted by Crippen LogP contribution is 2.42. The number of rotatable bonds is 5. The van der Waals surface area contributed by atoms with Gasteiger partial charge in [0.1, 0.15) is 28.8 Å². The average molecular weight is 287 g/mol. The van der Waals surface area contributed by atoms with Crippen LogP contribution in [0.1, 0.15) is 0 Å². The molecule has 0 bridgehead atoms. The molecule has 2 rings (SSSR count). The summed E-state index contributed by atoms with van der Waals surface area (Å²) in [6.45, 7) is 0.347. The van der Waals surface area contributed by atoms with Gasteiger partial charge in [0.15, 0.2) is 0 Å². The molecular formula is C15H17N3O3.